The van der Waals surface area contributed by atoms with E-state index in [1.165, 1.54) is 25.7 Å². The monoisotopic (exact) mass is 310 g/mol. The van der Waals surface area contributed by atoms with Crippen molar-refractivity contribution in [3.05, 3.63) is 53.5 Å². The molecule has 0 aliphatic heterocycles. The first-order valence-corrected chi connectivity index (χ1v) is 8.15. The summed E-state index contributed by atoms with van der Waals surface area (Å²) < 4.78 is 0. The predicted molar refractivity (Wildman–Crippen MR) is 90.3 cm³/mol. The lowest BCUT2D eigenvalue weighted by molar-refractivity contribution is 0.0945. The van der Waals surface area contributed by atoms with Crippen LogP contribution in [0.2, 0.25) is 0 Å². The molecule has 1 amide bonds. The number of carbonyl (C=O) groups excluding carboxylic acids is 1. The van der Waals surface area contributed by atoms with Crippen LogP contribution >= 0.6 is 0 Å². The Morgan fingerprint density at radius 1 is 1.17 bits per heavy atom. The van der Waals surface area contributed by atoms with Crippen LogP contribution in [0.25, 0.3) is 0 Å². The molecule has 1 saturated carbocycles. The van der Waals surface area contributed by atoms with Gasteiger partial charge in [-0.15, -0.1) is 0 Å². The summed E-state index contributed by atoms with van der Waals surface area (Å²) in [7, 11) is 0. The highest BCUT2D eigenvalue weighted by Gasteiger charge is 2.17. The number of anilines is 1. The standard InChI is InChI=1S/C18H22N4O/c1-13-20-16(11-17(21-13)22-15-9-5-6-10-15)18(23)19-12-14-7-3-2-4-8-14/h2-4,7-8,11,15H,5-6,9-10,12H2,1H3,(H,19,23)(H,20,21,22). The second kappa shape index (κ2) is 7.22. The molecule has 0 unspecified atom stereocenters. The van der Waals surface area contributed by atoms with E-state index in [1.54, 1.807) is 6.07 Å². The summed E-state index contributed by atoms with van der Waals surface area (Å²) in [6.45, 7) is 2.31. The van der Waals surface area contributed by atoms with E-state index in [-0.39, 0.29) is 5.91 Å². The second-order valence-corrected chi connectivity index (χ2v) is 5.98. The number of carbonyl (C=O) groups is 1. The van der Waals surface area contributed by atoms with Gasteiger partial charge in [0.2, 0.25) is 0 Å². The third kappa shape index (κ3) is 4.28. The van der Waals surface area contributed by atoms with E-state index in [0.717, 1.165) is 11.4 Å². The van der Waals surface area contributed by atoms with Gasteiger partial charge in [0.15, 0.2) is 0 Å². The molecule has 5 heteroatoms. The Bertz CT molecular complexity index is 666. The van der Waals surface area contributed by atoms with Crippen molar-refractivity contribution in [2.24, 2.45) is 0 Å². The van der Waals surface area contributed by atoms with Gasteiger partial charge in [-0.3, -0.25) is 4.79 Å². The molecule has 0 atom stereocenters. The number of aryl methyl sites for hydroxylation is 1. The average Bonchev–Trinajstić information content (AvgIpc) is 3.06. The number of aromatic nitrogens is 2. The lowest BCUT2D eigenvalue weighted by Gasteiger charge is -2.14. The van der Waals surface area contributed by atoms with Gasteiger partial charge in [0.25, 0.3) is 5.91 Å². The van der Waals surface area contributed by atoms with Crippen molar-refractivity contribution in [1.82, 2.24) is 15.3 Å². The Hall–Kier alpha value is -2.43. The number of hydrogen-bond acceptors (Lipinski definition) is 4. The minimum atomic E-state index is -0.172. The Labute approximate surface area is 136 Å². The normalized spacial score (nSPS) is 14.7. The number of rotatable bonds is 5. The zero-order valence-electron chi connectivity index (χ0n) is 13.4. The molecule has 120 valence electrons. The molecule has 1 aliphatic carbocycles. The number of benzene rings is 1. The van der Waals surface area contributed by atoms with Crippen molar-refractivity contribution in [3.63, 3.8) is 0 Å². The second-order valence-electron chi connectivity index (χ2n) is 5.98. The molecule has 5 nitrogen and oxygen atoms in total. The van der Waals surface area contributed by atoms with Crippen LogP contribution in [0.3, 0.4) is 0 Å². The Kier molecular flexibility index (Phi) is 4.86. The molecular formula is C18H22N4O. The fourth-order valence-corrected chi connectivity index (χ4v) is 2.91. The number of nitrogens with zero attached hydrogens (tertiary/aromatic N) is 2. The minimum absolute atomic E-state index is 0.172. The van der Waals surface area contributed by atoms with Crippen molar-refractivity contribution < 1.29 is 4.79 Å². The van der Waals surface area contributed by atoms with Crippen LogP contribution in [0, 0.1) is 6.92 Å². The first kappa shape index (κ1) is 15.5. The van der Waals surface area contributed by atoms with Gasteiger partial charge in [0.05, 0.1) is 0 Å². The summed E-state index contributed by atoms with van der Waals surface area (Å²) in [6, 6.07) is 12.0. The number of hydrogen-bond donors (Lipinski definition) is 2. The van der Waals surface area contributed by atoms with Crippen molar-refractivity contribution in [1.29, 1.82) is 0 Å². The van der Waals surface area contributed by atoms with Gasteiger partial charge in [0.1, 0.15) is 17.3 Å². The minimum Gasteiger partial charge on any atom is -0.367 e. The van der Waals surface area contributed by atoms with Gasteiger partial charge in [-0.05, 0) is 25.3 Å². The van der Waals surface area contributed by atoms with E-state index in [1.807, 2.05) is 37.3 Å². The number of amides is 1. The molecule has 1 fully saturated rings. The van der Waals surface area contributed by atoms with Gasteiger partial charge < -0.3 is 10.6 Å². The maximum absolute atomic E-state index is 12.3. The van der Waals surface area contributed by atoms with Crippen LogP contribution < -0.4 is 10.6 Å². The predicted octanol–water partition coefficient (Wildman–Crippen LogP) is 3.07. The third-order valence-electron chi connectivity index (χ3n) is 4.07. The van der Waals surface area contributed by atoms with Crippen LogP contribution in [-0.4, -0.2) is 21.9 Å². The average molecular weight is 310 g/mol. The molecule has 1 aromatic carbocycles. The molecule has 1 aromatic heterocycles. The SMILES string of the molecule is Cc1nc(NC2CCCC2)cc(C(=O)NCc2ccccc2)n1. The molecule has 3 rings (SSSR count). The molecular weight excluding hydrogens is 288 g/mol. The van der Waals surface area contributed by atoms with Gasteiger partial charge in [-0.1, -0.05) is 43.2 Å². The molecule has 0 saturated heterocycles. The summed E-state index contributed by atoms with van der Waals surface area (Å²) in [5.74, 6) is 1.18. The van der Waals surface area contributed by atoms with Gasteiger partial charge in [-0.25, -0.2) is 9.97 Å². The highest BCUT2D eigenvalue weighted by atomic mass is 16.1. The summed E-state index contributed by atoms with van der Waals surface area (Å²) in [5, 5.41) is 6.33. The fourth-order valence-electron chi connectivity index (χ4n) is 2.91. The highest BCUT2D eigenvalue weighted by Crippen LogP contribution is 2.21. The largest absolute Gasteiger partial charge is 0.367 e. The summed E-state index contributed by atoms with van der Waals surface area (Å²) in [4.78, 5) is 21.0. The van der Waals surface area contributed by atoms with Gasteiger partial charge >= 0.3 is 0 Å². The van der Waals surface area contributed by atoms with Gasteiger partial charge in [0, 0.05) is 18.7 Å². The van der Waals surface area contributed by atoms with Crippen molar-refractivity contribution >= 4 is 11.7 Å². The summed E-state index contributed by atoms with van der Waals surface area (Å²) >= 11 is 0. The molecule has 1 heterocycles. The zero-order chi connectivity index (χ0) is 16.1. The smallest absolute Gasteiger partial charge is 0.270 e. The topological polar surface area (TPSA) is 66.9 Å². The van der Waals surface area contributed by atoms with Crippen LogP contribution in [0.4, 0.5) is 5.82 Å². The van der Waals surface area contributed by atoms with Crippen LogP contribution in [0.5, 0.6) is 0 Å². The van der Waals surface area contributed by atoms with E-state index in [0.29, 0.717) is 24.1 Å². The molecule has 0 radical (unpaired) electrons. The first-order valence-electron chi connectivity index (χ1n) is 8.15. The molecule has 2 aromatic rings. The van der Waals surface area contributed by atoms with E-state index >= 15 is 0 Å². The summed E-state index contributed by atoms with van der Waals surface area (Å²) in [5.41, 5.74) is 1.48. The molecule has 0 bridgehead atoms. The maximum atomic E-state index is 12.3. The first-order chi connectivity index (χ1) is 11.2. The zero-order valence-corrected chi connectivity index (χ0v) is 13.4. The van der Waals surface area contributed by atoms with Crippen LogP contribution in [0.1, 0.15) is 47.6 Å². The fraction of sp³-hybridized carbons (Fsp3) is 0.389. The van der Waals surface area contributed by atoms with Crippen LogP contribution in [-0.2, 0) is 6.54 Å². The molecule has 2 N–H and O–H groups in total. The van der Waals surface area contributed by atoms with Crippen molar-refractivity contribution in [2.45, 2.75) is 45.2 Å². The van der Waals surface area contributed by atoms with E-state index in [2.05, 4.69) is 20.6 Å². The highest BCUT2D eigenvalue weighted by molar-refractivity contribution is 5.92. The maximum Gasteiger partial charge on any atom is 0.270 e. The van der Waals surface area contributed by atoms with E-state index in [9.17, 15) is 4.79 Å². The molecule has 0 spiro atoms. The Morgan fingerprint density at radius 3 is 2.65 bits per heavy atom. The van der Waals surface area contributed by atoms with E-state index in [4.69, 9.17) is 0 Å². The quantitative estimate of drug-likeness (QED) is 0.890. The van der Waals surface area contributed by atoms with Crippen LogP contribution in [0.15, 0.2) is 36.4 Å². The van der Waals surface area contributed by atoms with Crippen molar-refractivity contribution in [3.8, 4) is 0 Å². The Balaban J connectivity index is 1.66. The number of nitrogens with one attached hydrogen (secondary N) is 2. The molecule has 1 aliphatic rings. The van der Waals surface area contributed by atoms with Gasteiger partial charge in [-0.2, -0.15) is 0 Å². The van der Waals surface area contributed by atoms with Crippen molar-refractivity contribution in [2.75, 3.05) is 5.32 Å². The van der Waals surface area contributed by atoms with E-state index < -0.39 is 0 Å². The lowest BCUT2D eigenvalue weighted by Crippen LogP contribution is -2.25. The Morgan fingerprint density at radius 2 is 1.91 bits per heavy atom. The lowest BCUT2D eigenvalue weighted by atomic mass is 10.2. The third-order valence-corrected chi connectivity index (χ3v) is 4.07. The molecule has 23 heavy (non-hydrogen) atoms. The summed E-state index contributed by atoms with van der Waals surface area (Å²) in [6.07, 6.45) is 4.84.